The first kappa shape index (κ1) is 11.5. The molecule has 0 saturated carbocycles. The normalized spacial score (nSPS) is 20.1. The van der Waals surface area contributed by atoms with Gasteiger partial charge in [0.2, 0.25) is 0 Å². The predicted octanol–water partition coefficient (Wildman–Crippen LogP) is 3.09. The molecule has 0 amide bonds. The SMILES string of the molecule is Oc1ccc2ccccc2c1CC1CCCNC1. The van der Waals surface area contributed by atoms with Crippen LogP contribution in [0.4, 0.5) is 0 Å². The van der Waals surface area contributed by atoms with E-state index in [2.05, 4.69) is 17.4 Å². The van der Waals surface area contributed by atoms with Crippen molar-refractivity contribution >= 4 is 10.8 Å². The van der Waals surface area contributed by atoms with Gasteiger partial charge in [0.05, 0.1) is 0 Å². The van der Waals surface area contributed by atoms with Gasteiger partial charge in [-0.1, -0.05) is 30.3 Å². The summed E-state index contributed by atoms with van der Waals surface area (Å²) in [4.78, 5) is 0. The van der Waals surface area contributed by atoms with Crippen molar-refractivity contribution in [3.63, 3.8) is 0 Å². The van der Waals surface area contributed by atoms with Gasteiger partial charge in [-0.05, 0) is 55.1 Å². The summed E-state index contributed by atoms with van der Waals surface area (Å²) in [5, 5.41) is 16.0. The third-order valence-electron chi connectivity index (χ3n) is 3.91. The van der Waals surface area contributed by atoms with Crippen molar-refractivity contribution in [2.24, 2.45) is 5.92 Å². The van der Waals surface area contributed by atoms with E-state index in [1.54, 1.807) is 0 Å². The molecule has 2 aromatic rings. The minimum atomic E-state index is 0.444. The fraction of sp³-hybridized carbons (Fsp3) is 0.375. The molecule has 1 aliphatic heterocycles. The van der Waals surface area contributed by atoms with Crippen LogP contribution in [-0.4, -0.2) is 18.2 Å². The lowest BCUT2D eigenvalue weighted by atomic mass is 9.89. The van der Waals surface area contributed by atoms with Gasteiger partial charge in [-0.25, -0.2) is 0 Å². The third-order valence-corrected chi connectivity index (χ3v) is 3.91. The summed E-state index contributed by atoms with van der Waals surface area (Å²) in [6.45, 7) is 2.21. The van der Waals surface area contributed by atoms with Crippen molar-refractivity contribution in [1.82, 2.24) is 5.32 Å². The lowest BCUT2D eigenvalue weighted by Gasteiger charge is -2.23. The molecule has 0 spiro atoms. The Kier molecular flexibility index (Phi) is 3.20. The van der Waals surface area contributed by atoms with Gasteiger partial charge in [0.15, 0.2) is 0 Å². The van der Waals surface area contributed by atoms with E-state index in [1.807, 2.05) is 24.3 Å². The summed E-state index contributed by atoms with van der Waals surface area (Å²) in [6.07, 6.45) is 3.48. The van der Waals surface area contributed by atoms with Crippen LogP contribution in [0, 0.1) is 5.92 Å². The molecule has 1 heterocycles. The van der Waals surface area contributed by atoms with Crippen molar-refractivity contribution in [2.75, 3.05) is 13.1 Å². The standard InChI is InChI=1S/C16H19NO/c18-16-8-7-13-5-1-2-6-14(13)15(16)10-12-4-3-9-17-11-12/h1-2,5-8,12,17-18H,3-4,9-11H2. The number of benzene rings is 2. The molecule has 0 bridgehead atoms. The summed E-state index contributed by atoms with van der Waals surface area (Å²) >= 11 is 0. The van der Waals surface area contributed by atoms with Gasteiger partial charge in [0.25, 0.3) is 0 Å². The predicted molar refractivity (Wildman–Crippen MR) is 74.9 cm³/mol. The third kappa shape index (κ3) is 2.21. The molecule has 1 saturated heterocycles. The molecule has 3 rings (SSSR count). The molecular formula is C16H19NO. The number of hydrogen-bond acceptors (Lipinski definition) is 2. The van der Waals surface area contributed by atoms with Gasteiger partial charge in [-0.15, -0.1) is 0 Å². The van der Waals surface area contributed by atoms with Crippen LogP contribution in [0.3, 0.4) is 0 Å². The largest absolute Gasteiger partial charge is 0.508 e. The Balaban J connectivity index is 1.96. The molecule has 0 aromatic heterocycles. The van der Waals surface area contributed by atoms with Gasteiger partial charge in [-0.3, -0.25) is 0 Å². The van der Waals surface area contributed by atoms with Crippen LogP contribution in [-0.2, 0) is 6.42 Å². The Labute approximate surface area is 108 Å². The summed E-state index contributed by atoms with van der Waals surface area (Å²) in [5.74, 6) is 1.09. The number of piperidine rings is 1. The molecule has 2 aromatic carbocycles. The van der Waals surface area contributed by atoms with Crippen LogP contribution >= 0.6 is 0 Å². The first-order chi connectivity index (χ1) is 8.84. The molecule has 2 nitrogen and oxygen atoms in total. The average Bonchev–Trinajstić information content (AvgIpc) is 2.43. The lowest BCUT2D eigenvalue weighted by molar-refractivity contribution is 0.371. The van der Waals surface area contributed by atoms with Gasteiger partial charge in [-0.2, -0.15) is 0 Å². The fourth-order valence-electron chi connectivity index (χ4n) is 2.93. The minimum absolute atomic E-state index is 0.444. The zero-order valence-corrected chi connectivity index (χ0v) is 10.5. The highest BCUT2D eigenvalue weighted by Gasteiger charge is 2.16. The van der Waals surface area contributed by atoms with E-state index in [1.165, 1.54) is 23.6 Å². The van der Waals surface area contributed by atoms with E-state index in [0.717, 1.165) is 25.1 Å². The smallest absolute Gasteiger partial charge is 0.119 e. The topological polar surface area (TPSA) is 32.3 Å². The number of fused-ring (bicyclic) bond motifs is 1. The van der Waals surface area contributed by atoms with Gasteiger partial charge >= 0.3 is 0 Å². The Morgan fingerprint density at radius 3 is 2.89 bits per heavy atom. The van der Waals surface area contributed by atoms with Crippen LogP contribution < -0.4 is 5.32 Å². The molecular weight excluding hydrogens is 222 g/mol. The minimum Gasteiger partial charge on any atom is -0.508 e. The maximum absolute atomic E-state index is 10.1. The monoisotopic (exact) mass is 241 g/mol. The maximum atomic E-state index is 10.1. The van der Waals surface area contributed by atoms with Crippen LogP contribution in [0.1, 0.15) is 18.4 Å². The molecule has 2 N–H and O–H groups in total. The van der Waals surface area contributed by atoms with Gasteiger partial charge in [0.1, 0.15) is 5.75 Å². The van der Waals surface area contributed by atoms with E-state index in [-0.39, 0.29) is 0 Å². The first-order valence-electron chi connectivity index (χ1n) is 6.75. The molecule has 94 valence electrons. The Hall–Kier alpha value is -1.54. The molecule has 0 aliphatic carbocycles. The number of phenols is 1. The molecule has 1 unspecified atom stereocenters. The maximum Gasteiger partial charge on any atom is 0.119 e. The van der Waals surface area contributed by atoms with E-state index < -0.39 is 0 Å². The van der Waals surface area contributed by atoms with Crippen LogP contribution in [0.5, 0.6) is 5.75 Å². The molecule has 0 radical (unpaired) electrons. The second kappa shape index (κ2) is 4.99. The molecule has 1 fully saturated rings. The first-order valence-corrected chi connectivity index (χ1v) is 6.75. The summed E-state index contributed by atoms with van der Waals surface area (Å²) in [6, 6.07) is 12.1. The quantitative estimate of drug-likeness (QED) is 0.847. The Morgan fingerprint density at radius 2 is 2.06 bits per heavy atom. The number of phenolic OH excluding ortho intramolecular Hbond substituents is 1. The van der Waals surface area contributed by atoms with Crippen molar-refractivity contribution < 1.29 is 5.11 Å². The number of rotatable bonds is 2. The molecule has 2 heteroatoms. The van der Waals surface area contributed by atoms with E-state index in [0.29, 0.717) is 11.7 Å². The van der Waals surface area contributed by atoms with E-state index >= 15 is 0 Å². The number of aromatic hydroxyl groups is 1. The summed E-state index contributed by atoms with van der Waals surface area (Å²) in [5.41, 5.74) is 1.11. The summed E-state index contributed by atoms with van der Waals surface area (Å²) < 4.78 is 0. The summed E-state index contributed by atoms with van der Waals surface area (Å²) in [7, 11) is 0. The molecule has 18 heavy (non-hydrogen) atoms. The highest BCUT2D eigenvalue weighted by molar-refractivity contribution is 5.87. The average molecular weight is 241 g/mol. The van der Waals surface area contributed by atoms with Crippen molar-refractivity contribution in [1.29, 1.82) is 0 Å². The zero-order chi connectivity index (χ0) is 12.4. The highest BCUT2D eigenvalue weighted by atomic mass is 16.3. The molecule has 1 atom stereocenters. The van der Waals surface area contributed by atoms with Crippen LogP contribution in [0.15, 0.2) is 36.4 Å². The second-order valence-corrected chi connectivity index (χ2v) is 5.20. The zero-order valence-electron chi connectivity index (χ0n) is 10.5. The molecule has 1 aliphatic rings. The lowest BCUT2D eigenvalue weighted by Crippen LogP contribution is -2.30. The van der Waals surface area contributed by atoms with Crippen molar-refractivity contribution in [3.05, 3.63) is 42.0 Å². The van der Waals surface area contributed by atoms with Gasteiger partial charge < -0.3 is 10.4 Å². The fourth-order valence-corrected chi connectivity index (χ4v) is 2.93. The van der Waals surface area contributed by atoms with E-state index in [9.17, 15) is 5.11 Å². The Morgan fingerprint density at radius 1 is 1.17 bits per heavy atom. The number of nitrogens with one attached hydrogen (secondary N) is 1. The Bertz CT molecular complexity index is 544. The van der Waals surface area contributed by atoms with Crippen LogP contribution in [0.25, 0.3) is 10.8 Å². The van der Waals surface area contributed by atoms with E-state index in [4.69, 9.17) is 0 Å². The highest BCUT2D eigenvalue weighted by Crippen LogP contribution is 2.30. The van der Waals surface area contributed by atoms with Crippen LogP contribution in [0.2, 0.25) is 0 Å². The number of hydrogen-bond donors (Lipinski definition) is 2. The van der Waals surface area contributed by atoms with Crippen molar-refractivity contribution in [3.8, 4) is 5.75 Å². The van der Waals surface area contributed by atoms with Gasteiger partial charge in [0, 0.05) is 5.56 Å². The van der Waals surface area contributed by atoms with Crippen molar-refractivity contribution in [2.45, 2.75) is 19.3 Å². The second-order valence-electron chi connectivity index (χ2n) is 5.20.